The lowest BCUT2D eigenvalue weighted by Crippen LogP contribution is -2.57. The number of pyridine rings is 4. The zero-order valence-electron chi connectivity index (χ0n) is 39.0. The zero-order chi connectivity index (χ0) is 49.2. The number of aliphatic hydroxyl groups is 2. The third-order valence-corrected chi connectivity index (χ3v) is 11.8. The molecular formula is C47H55F2N7O12S2. The monoisotopic (exact) mass is 1010 g/mol. The number of methoxy groups -OCH3 is 1. The maximum absolute atomic E-state index is 13.5. The summed E-state index contributed by atoms with van der Waals surface area (Å²) in [5.41, 5.74) is -2.03. The van der Waals surface area contributed by atoms with Crippen LogP contribution in [0.4, 0.5) is 8.78 Å². The van der Waals surface area contributed by atoms with Crippen LogP contribution >= 0.6 is 27.0 Å². The van der Waals surface area contributed by atoms with Gasteiger partial charge in [0.15, 0.2) is 39.8 Å². The molecule has 4 atom stereocenters. The van der Waals surface area contributed by atoms with E-state index in [2.05, 4.69) is 25.9 Å². The molecule has 0 aliphatic carbocycles. The van der Waals surface area contributed by atoms with Crippen LogP contribution in [-0.4, -0.2) is 116 Å². The number of aromatic hydroxyl groups is 2. The number of carbonyl (C=O) groups excluding carboxylic acids is 2. The number of esters is 1. The number of aliphatic hydroxyl groups excluding tert-OH is 2. The number of nitrogens with one attached hydrogen (secondary N) is 3. The molecule has 19 nitrogen and oxygen atoms in total. The normalized spacial score (nSPS) is 17.4. The lowest BCUT2D eigenvalue weighted by atomic mass is 9.98. The van der Waals surface area contributed by atoms with Crippen molar-refractivity contribution in [1.29, 1.82) is 0 Å². The molecule has 6 aromatic rings. The van der Waals surface area contributed by atoms with E-state index < -0.39 is 69.3 Å². The van der Waals surface area contributed by atoms with Crippen molar-refractivity contribution >= 4 is 60.9 Å². The molecule has 2 aromatic carbocycles. The van der Waals surface area contributed by atoms with Gasteiger partial charge in [-0.05, 0) is 70.3 Å². The van der Waals surface area contributed by atoms with Gasteiger partial charge in [-0.25, -0.2) is 13.6 Å². The number of ether oxygens (including phenoxy) is 4. The maximum Gasteiger partial charge on any atom is 0.347 e. The van der Waals surface area contributed by atoms with Crippen LogP contribution in [0.15, 0.2) is 70.5 Å². The molecule has 0 radical (unpaired) electrons. The van der Waals surface area contributed by atoms with Crippen LogP contribution in [0.5, 0.6) is 23.0 Å². The maximum atomic E-state index is 13.5. The largest absolute Gasteiger partial charge is 0.505 e. The van der Waals surface area contributed by atoms with Gasteiger partial charge in [0.1, 0.15) is 51.7 Å². The molecule has 0 saturated heterocycles. The molecule has 0 bridgehead atoms. The second-order valence-electron chi connectivity index (χ2n) is 16.6. The van der Waals surface area contributed by atoms with E-state index in [1.54, 1.807) is 59.1 Å². The highest BCUT2D eigenvalue weighted by Gasteiger charge is 2.44. The summed E-state index contributed by atoms with van der Waals surface area (Å²) in [7, 11) is 4.56. The summed E-state index contributed by atoms with van der Waals surface area (Å²) in [6.45, 7) is 4.99. The zero-order valence-corrected chi connectivity index (χ0v) is 41.0. The molecule has 8 rings (SSSR count). The first-order chi connectivity index (χ1) is 32.4. The van der Waals surface area contributed by atoms with E-state index in [1.807, 2.05) is 0 Å². The lowest BCUT2D eigenvalue weighted by Gasteiger charge is -2.40. The Morgan fingerprint density at radius 1 is 0.757 bits per heavy atom. The first-order valence-corrected chi connectivity index (χ1v) is 21.5. The van der Waals surface area contributed by atoms with Crippen LogP contribution in [-0.2, 0) is 35.4 Å². The second-order valence-corrected chi connectivity index (χ2v) is 16.6. The molecule has 4 aromatic heterocycles. The molecule has 0 fully saturated rings. The summed E-state index contributed by atoms with van der Waals surface area (Å²) in [6, 6.07) is 11.8. The van der Waals surface area contributed by atoms with E-state index in [4.69, 9.17) is 18.9 Å². The van der Waals surface area contributed by atoms with Crippen molar-refractivity contribution < 1.29 is 57.7 Å². The number of carbonyl (C=O) groups is 2. The van der Waals surface area contributed by atoms with Crippen LogP contribution in [0.1, 0.15) is 63.7 Å². The van der Waals surface area contributed by atoms with Crippen molar-refractivity contribution in [1.82, 2.24) is 35.1 Å². The first-order valence-electron chi connectivity index (χ1n) is 21.5. The molecular weight excluding hydrogens is 957 g/mol. The number of amides is 1. The summed E-state index contributed by atoms with van der Waals surface area (Å²) >= 11 is 0. The van der Waals surface area contributed by atoms with Crippen molar-refractivity contribution in [2.45, 2.75) is 70.4 Å². The fourth-order valence-electron chi connectivity index (χ4n) is 8.23. The molecule has 0 spiro atoms. The number of halogens is 2. The van der Waals surface area contributed by atoms with Gasteiger partial charge in [0, 0.05) is 50.0 Å². The van der Waals surface area contributed by atoms with Gasteiger partial charge in [-0.2, -0.15) is 27.0 Å². The van der Waals surface area contributed by atoms with Gasteiger partial charge in [0.05, 0.1) is 26.3 Å². The molecule has 7 N–H and O–H groups in total. The van der Waals surface area contributed by atoms with E-state index >= 15 is 0 Å². The highest BCUT2D eigenvalue weighted by atomic mass is 32.1. The van der Waals surface area contributed by atoms with Gasteiger partial charge < -0.3 is 44.7 Å². The third-order valence-electron chi connectivity index (χ3n) is 11.8. The number of hydrogen-bond donors (Lipinski definition) is 7. The minimum absolute atomic E-state index is 0. The van der Waals surface area contributed by atoms with E-state index in [0.29, 0.717) is 24.0 Å². The topological polar surface area (TPSA) is 258 Å². The Morgan fingerprint density at radius 2 is 1.17 bits per heavy atom. The number of rotatable bonds is 14. The van der Waals surface area contributed by atoms with Crippen LogP contribution in [0, 0.1) is 11.6 Å². The molecule has 6 heterocycles. The van der Waals surface area contributed by atoms with Crippen molar-refractivity contribution in [3.05, 3.63) is 127 Å². The minimum atomic E-state index is -1.29. The standard InChI is InChI=1S/C24H27FN4O6.C23H24FN3O6.2H2S/c1-24(23(33)26-2)12-29-18-17(19(30)16(22(29)32)21(31)27-8-9-34-3)28-11-14(20(18)35-24)10-13-4-6-15(25)7-5-13;1-4-32-21(30)15-18(28)16-17-19(13(10-26-16)9-12-5-7-14(24)8-6-12)33-23(2,22(31)25-3)11-27(17)20(15)29;;/h4-7,11,23,26,30,33H,8-10,12H2,1-3H3,(H,27,31);5-8,10,22,25,28,31H,4,9,11H2,1-3H3;2*1H2/t23?,24-;22?,23-;;/m00../s1. The van der Waals surface area contributed by atoms with Gasteiger partial charge in [-0.15, -0.1) is 0 Å². The highest BCUT2D eigenvalue weighted by molar-refractivity contribution is 7.59. The Morgan fingerprint density at radius 3 is 1.57 bits per heavy atom. The van der Waals surface area contributed by atoms with Gasteiger partial charge in [-0.3, -0.25) is 44.1 Å². The van der Waals surface area contributed by atoms with Crippen molar-refractivity contribution in [3.63, 3.8) is 0 Å². The van der Waals surface area contributed by atoms with Crippen LogP contribution < -0.4 is 36.5 Å². The predicted octanol–water partition coefficient (Wildman–Crippen LogP) is 2.82. The van der Waals surface area contributed by atoms with E-state index in [1.165, 1.54) is 52.9 Å². The van der Waals surface area contributed by atoms with Crippen molar-refractivity contribution in [2.75, 3.05) is 41.0 Å². The van der Waals surface area contributed by atoms with Crippen LogP contribution in [0.25, 0.3) is 22.1 Å². The van der Waals surface area contributed by atoms with Crippen molar-refractivity contribution in [2.24, 2.45) is 0 Å². The fourth-order valence-corrected chi connectivity index (χ4v) is 8.23. The molecule has 2 unspecified atom stereocenters. The molecule has 23 heteroatoms. The number of hydrogen-bond acceptors (Lipinski definition) is 16. The summed E-state index contributed by atoms with van der Waals surface area (Å²) in [6.07, 6.45) is 1.18. The average Bonchev–Trinajstić information content (AvgIpc) is 3.31. The number of benzene rings is 2. The molecule has 70 heavy (non-hydrogen) atoms. The van der Waals surface area contributed by atoms with Gasteiger partial charge in [-0.1, -0.05) is 24.3 Å². The molecule has 1 amide bonds. The lowest BCUT2D eigenvalue weighted by molar-refractivity contribution is -0.0706. The Bertz CT molecular complexity index is 3040. The van der Waals surface area contributed by atoms with E-state index in [-0.39, 0.29) is 105 Å². The van der Waals surface area contributed by atoms with E-state index in [9.17, 15) is 48.4 Å². The number of nitrogens with zero attached hydrogens (tertiary/aromatic N) is 4. The SMILES string of the molecule is CCOC(=O)c1c(O)c2ncc(Cc3ccc(F)cc3)c3c2n(c1=O)C[C@@](C)(C(O)NC)O3.CNC(O)[C@]1(C)Cn2c(=O)c(C(=O)NCCOC)c(O)c3ncc(Cc4ccc(F)cc4)c(c32)O1.S.S. The van der Waals surface area contributed by atoms with Gasteiger partial charge in [0.25, 0.3) is 17.0 Å². The average molecular weight is 1010 g/mol. The molecule has 0 saturated carbocycles. The third kappa shape index (κ3) is 10.4. The van der Waals surface area contributed by atoms with Crippen LogP contribution in [0.3, 0.4) is 0 Å². The molecule has 2 aliphatic rings. The number of likely N-dealkylation sites (N-methyl/N-ethyl adjacent to an activating group) is 2. The Balaban J connectivity index is 0.000000254. The molecule has 2 aliphatic heterocycles. The Labute approximate surface area is 413 Å². The quantitative estimate of drug-likeness (QED) is 0.0470. The predicted molar refractivity (Wildman–Crippen MR) is 263 cm³/mol. The Kier molecular flexibility index (Phi) is 17.3. The second kappa shape index (κ2) is 22.2. The summed E-state index contributed by atoms with van der Waals surface area (Å²) < 4.78 is 51.6. The summed E-state index contributed by atoms with van der Waals surface area (Å²) in [4.78, 5) is 60.7. The smallest absolute Gasteiger partial charge is 0.347 e. The summed E-state index contributed by atoms with van der Waals surface area (Å²) in [5.74, 6) is -3.17. The molecule has 376 valence electrons. The highest BCUT2D eigenvalue weighted by Crippen LogP contribution is 2.42. The summed E-state index contributed by atoms with van der Waals surface area (Å²) in [5, 5.41) is 50.9. The van der Waals surface area contributed by atoms with Crippen LogP contribution in [0.2, 0.25) is 0 Å². The van der Waals surface area contributed by atoms with Crippen molar-refractivity contribution in [3.8, 4) is 23.0 Å². The van der Waals surface area contributed by atoms with Gasteiger partial charge in [0.2, 0.25) is 0 Å². The minimum Gasteiger partial charge on any atom is -0.505 e. The van der Waals surface area contributed by atoms with Gasteiger partial charge >= 0.3 is 5.97 Å². The number of aromatic nitrogens is 4. The fraction of sp³-hybridized carbons (Fsp3) is 0.362. The first kappa shape index (κ1) is 54.6. The van der Waals surface area contributed by atoms with E-state index in [0.717, 1.165) is 11.1 Å². The Hall–Kier alpha value is -6.34.